The molecule has 278 valence electrons. The van der Waals surface area contributed by atoms with Gasteiger partial charge in [0, 0.05) is 44.0 Å². The van der Waals surface area contributed by atoms with E-state index in [1.807, 2.05) is 0 Å². The van der Waals surface area contributed by atoms with Crippen molar-refractivity contribution in [1.29, 1.82) is 0 Å². The molecule has 12 rings (SSSR count). The van der Waals surface area contributed by atoms with Gasteiger partial charge in [-0.25, -0.2) is 0 Å². The van der Waals surface area contributed by atoms with Crippen LogP contribution in [0.3, 0.4) is 0 Å². The first-order chi connectivity index (χ1) is 29.0. The summed E-state index contributed by atoms with van der Waals surface area (Å²) in [4.78, 5) is 2.43. The zero-order chi connectivity index (χ0) is 39.2. The zero-order valence-corrected chi connectivity index (χ0v) is 33.0. The van der Waals surface area contributed by atoms with Crippen LogP contribution in [0.15, 0.2) is 206 Å². The van der Waals surface area contributed by atoms with Gasteiger partial charge in [0.15, 0.2) is 0 Å². The summed E-state index contributed by atoms with van der Waals surface area (Å²) in [7, 11) is 0. The van der Waals surface area contributed by atoms with Gasteiger partial charge in [-0.05, 0) is 110 Å². The molecule has 0 saturated heterocycles. The molecule has 2 aromatic heterocycles. The number of benzene rings is 9. The van der Waals surface area contributed by atoms with Gasteiger partial charge in [0.25, 0.3) is 0 Å². The van der Waals surface area contributed by atoms with Crippen LogP contribution in [0, 0.1) is 0 Å². The lowest BCUT2D eigenvalue weighted by atomic mass is 9.82. The van der Waals surface area contributed by atoms with Crippen molar-refractivity contribution in [3.05, 3.63) is 217 Å². The van der Waals surface area contributed by atoms with Crippen molar-refractivity contribution in [2.24, 2.45) is 0 Å². The van der Waals surface area contributed by atoms with Gasteiger partial charge in [0.1, 0.15) is 0 Å². The second-order valence-electron chi connectivity index (χ2n) is 16.5. The number of hydrogen-bond donors (Lipinski definition) is 0. The van der Waals surface area contributed by atoms with Crippen LogP contribution in [0.4, 0.5) is 17.1 Å². The molecule has 0 bridgehead atoms. The van der Waals surface area contributed by atoms with E-state index in [4.69, 9.17) is 0 Å². The van der Waals surface area contributed by atoms with Gasteiger partial charge in [-0.2, -0.15) is 0 Å². The van der Waals surface area contributed by atoms with E-state index in [1.165, 1.54) is 93.7 Å². The summed E-state index contributed by atoms with van der Waals surface area (Å²) < 4.78 is 2.45. The van der Waals surface area contributed by atoms with Crippen LogP contribution in [0.25, 0.3) is 82.6 Å². The Morgan fingerprint density at radius 1 is 0.339 bits per heavy atom. The highest BCUT2D eigenvalue weighted by atomic mass is 15.1. The first kappa shape index (κ1) is 33.7. The largest absolute Gasteiger partial charge is 0.310 e. The van der Waals surface area contributed by atoms with Crippen molar-refractivity contribution < 1.29 is 0 Å². The number of aromatic nitrogens is 1. The van der Waals surface area contributed by atoms with E-state index in [2.05, 4.69) is 229 Å². The Morgan fingerprint density at radius 3 is 1.69 bits per heavy atom. The molecule has 0 radical (unpaired) electrons. The number of rotatable bonds is 6. The summed E-state index contributed by atoms with van der Waals surface area (Å²) in [6.07, 6.45) is 0. The summed E-state index contributed by atoms with van der Waals surface area (Å²) in [5.41, 5.74) is 19.7. The highest BCUT2D eigenvalue weighted by Gasteiger charge is 2.35. The lowest BCUT2D eigenvalue weighted by Gasteiger charge is -2.28. The summed E-state index contributed by atoms with van der Waals surface area (Å²) in [6, 6.07) is 76.1. The maximum Gasteiger partial charge on any atom is 0.0620 e. The van der Waals surface area contributed by atoms with E-state index in [1.54, 1.807) is 0 Å². The van der Waals surface area contributed by atoms with Gasteiger partial charge < -0.3 is 9.30 Å². The molecule has 0 unspecified atom stereocenters. The Hall–Kier alpha value is -7.42. The molecule has 59 heavy (non-hydrogen) atoms. The van der Waals surface area contributed by atoms with E-state index in [9.17, 15) is 0 Å². The molecule has 11 aromatic rings. The number of para-hydroxylation sites is 2. The molecule has 0 spiro atoms. The van der Waals surface area contributed by atoms with Crippen LogP contribution in [-0.4, -0.2) is 4.40 Å². The predicted octanol–water partition coefficient (Wildman–Crippen LogP) is 15.6. The highest BCUT2D eigenvalue weighted by molar-refractivity contribution is 6.23. The Morgan fingerprint density at radius 2 is 0.881 bits per heavy atom. The van der Waals surface area contributed by atoms with E-state index < -0.39 is 0 Å². The molecule has 0 amide bonds. The third-order valence-electron chi connectivity index (χ3n) is 12.9. The normalized spacial score (nSPS) is 13.1. The minimum absolute atomic E-state index is 0.109. The van der Waals surface area contributed by atoms with Crippen molar-refractivity contribution >= 4 is 55.2 Å². The van der Waals surface area contributed by atoms with Crippen LogP contribution in [0.5, 0.6) is 0 Å². The van der Waals surface area contributed by atoms with E-state index in [0.29, 0.717) is 0 Å². The maximum atomic E-state index is 2.45. The molecule has 2 heteroatoms. The summed E-state index contributed by atoms with van der Waals surface area (Å²) in [5.74, 6) is 0. The van der Waals surface area contributed by atoms with Crippen molar-refractivity contribution in [1.82, 2.24) is 4.40 Å². The minimum atomic E-state index is -0.109. The van der Waals surface area contributed by atoms with Crippen molar-refractivity contribution in [3.8, 4) is 44.5 Å². The van der Waals surface area contributed by atoms with Crippen molar-refractivity contribution in [2.45, 2.75) is 19.3 Å². The third-order valence-corrected chi connectivity index (χ3v) is 12.9. The number of anilines is 3. The average Bonchev–Trinajstić information content (AvgIpc) is 3.89. The fraction of sp³-hybridized carbons (Fsp3) is 0.0526. The molecule has 1 aliphatic carbocycles. The molecule has 9 aromatic carbocycles. The fourth-order valence-electron chi connectivity index (χ4n) is 10.1. The van der Waals surface area contributed by atoms with Gasteiger partial charge in [-0.15, -0.1) is 0 Å². The first-order valence-corrected chi connectivity index (χ1v) is 20.6. The lowest BCUT2D eigenvalue weighted by Crippen LogP contribution is -2.16. The monoisotopic (exact) mass is 752 g/mol. The van der Waals surface area contributed by atoms with Crippen molar-refractivity contribution in [2.75, 3.05) is 4.90 Å². The Balaban J connectivity index is 0.997. The molecular weight excluding hydrogens is 713 g/mol. The summed E-state index contributed by atoms with van der Waals surface area (Å²) in [6.45, 7) is 4.72. The Bertz CT molecular complexity index is 3410. The average molecular weight is 753 g/mol. The molecule has 0 saturated carbocycles. The maximum absolute atomic E-state index is 2.45. The van der Waals surface area contributed by atoms with Crippen molar-refractivity contribution in [3.63, 3.8) is 0 Å². The first-order valence-electron chi connectivity index (χ1n) is 20.6. The molecule has 2 heterocycles. The van der Waals surface area contributed by atoms with Crippen LogP contribution in [-0.2, 0) is 5.41 Å². The van der Waals surface area contributed by atoms with Gasteiger partial charge in [0.2, 0.25) is 0 Å². The fourth-order valence-corrected chi connectivity index (χ4v) is 10.1. The molecule has 2 nitrogen and oxygen atoms in total. The number of fused-ring (bicyclic) bond motifs is 9. The second kappa shape index (κ2) is 12.8. The van der Waals surface area contributed by atoms with Crippen LogP contribution in [0.2, 0.25) is 0 Å². The highest BCUT2D eigenvalue weighted by Crippen LogP contribution is 2.51. The summed E-state index contributed by atoms with van der Waals surface area (Å²) in [5, 5.41) is 5.19. The van der Waals surface area contributed by atoms with Crippen LogP contribution < -0.4 is 4.90 Å². The minimum Gasteiger partial charge on any atom is -0.310 e. The van der Waals surface area contributed by atoms with Crippen LogP contribution in [0.1, 0.15) is 25.0 Å². The smallest absolute Gasteiger partial charge is 0.0620 e. The van der Waals surface area contributed by atoms with Gasteiger partial charge in [0.05, 0.1) is 16.6 Å². The lowest BCUT2D eigenvalue weighted by molar-refractivity contribution is 0.660. The van der Waals surface area contributed by atoms with Gasteiger partial charge in [-0.3, -0.25) is 0 Å². The molecule has 0 aliphatic heterocycles. The zero-order valence-electron chi connectivity index (χ0n) is 33.0. The summed E-state index contributed by atoms with van der Waals surface area (Å²) >= 11 is 0. The molecule has 0 atom stereocenters. The Kier molecular flexibility index (Phi) is 7.31. The predicted molar refractivity (Wildman–Crippen MR) is 250 cm³/mol. The standard InChI is InChI=1S/C57H40N2/c1-57(2)52-24-10-8-20-46(52)47-32-31-43(36-53(47)57)58(41-29-26-38(27-30-41)37-14-4-3-5-15-37)42-17-12-16-39(34-42)44-18-6-7-19-45(44)40-28-33-55-51(35-40)50-23-13-22-49-48-21-9-11-25-54(48)59(55)56(49)50/h3-36H,1-2H3. The Labute approximate surface area is 344 Å². The molecule has 1 aliphatic rings. The molecule has 0 fully saturated rings. The van der Waals surface area contributed by atoms with E-state index in [0.717, 1.165) is 17.1 Å². The van der Waals surface area contributed by atoms with Gasteiger partial charge in [-0.1, -0.05) is 166 Å². The molecule has 0 N–H and O–H groups in total. The van der Waals surface area contributed by atoms with Gasteiger partial charge >= 0.3 is 0 Å². The number of nitrogens with zero attached hydrogens (tertiary/aromatic N) is 2. The quantitative estimate of drug-likeness (QED) is 0.164. The third kappa shape index (κ3) is 5.06. The van der Waals surface area contributed by atoms with Crippen LogP contribution >= 0.6 is 0 Å². The second-order valence-corrected chi connectivity index (χ2v) is 16.5. The van der Waals surface area contributed by atoms with E-state index >= 15 is 0 Å². The SMILES string of the molecule is CC1(C)c2ccccc2-c2ccc(N(c3ccc(-c4ccccc4)cc3)c3cccc(-c4ccccc4-c4ccc5c(c4)c4cccc6c7ccccc7n5c64)c3)cc21. The topological polar surface area (TPSA) is 7.65 Å². The molecular formula is C57H40N2. The van der Waals surface area contributed by atoms with E-state index in [-0.39, 0.29) is 5.41 Å². The number of hydrogen-bond acceptors (Lipinski definition) is 1.